The minimum atomic E-state index is -3.72. The van der Waals surface area contributed by atoms with Crippen molar-refractivity contribution in [2.24, 2.45) is 5.92 Å². The van der Waals surface area contributed by atoms with Crippen molar-refractivity contribution in [1.82, 2.24) is 9.62 Å². The lowest BCUT2D eigenvalue weighted by atomic mass is 9.96. The summed E-state index contributed by atoms with van der Waals surface area (Å²) in [6.45, 7) is 5.23. The SMILES string of the molecule is CCOc1ccc(C)cc1S(=O)(=O)NCC1CCN(C(=O)c2ccccc2F)CC1. The van der Waals surface area contributed by atoms with Crippen LogP contribution in [0.25, 0.3) is 0 Å². The molecule has 1 aliphatic rings. The van der Waals surface area contributed by atoms with Gasteiger partial charge in [-0.1, -0.05) is 18.2 Å². The highest BCUT2D eigenvalue weighted by Crippen LogP contribution is 2.26. The lowest BCUT2D eigenvalue weighted by Gasteiger charge is -2.32. The first-order valence-corrected chi connectivity index (χ1v) is 11.6. The second-order valence-electron chi connectivity index (χ2n) is 7.45. The summed E-state index contributed by atoms with van der Waals surface area (Å²) in [5, 5.41) is 0. The zero-order chi connectivity index (χ0) is 21.7. The summed E-state index contributed by atoms with van der Waals surface area (Å²) in [7, 11) is -3.72. The van der Waals surface area contributed by atoms with Crippen LogP contribution in [0.1, 0.15) is 35.7 Å². The molecule has 0 bridgehead atoms. The number of amides is 1. The fraction of sp³-hybridized carbons (Fsp3) is 0.409. The van der Waals surface area contributed by atoms with Crippen molar-refractivity contribution in [3.05, 3.63) is 59.4 Å². The van der Waals surface area contributed by atoms with E-state index in [0.717, 1.165) is 5.56 Å². The number of piperidine rings is 1. The summed E-state index contributed by atoms with van der Waals surface area (Å²) >= 11 is 0. The molecule has 3 rings (SSSR count). The first kappa shape index (κ1) is 22.2. The van der Waals surface area contributed by atoms with Gasteiger partial charge in [-0.05, 0) is 62.4 Å². The van der Waals surface area contributed by atoms with Gasteiger partial charge in [0.25, 0.3) is 5.91 Å². The summed E-state index contributed by atoms with van der Waals surface area (Å²) in [5.74, 6) is -0.417. The third-order valence-corrected chi connectivity index (χ3v) is 6.70. The molecule has 1 saturated heterocycles. The summed E-state index contributed by atoms with van der Waals surface area (Å²) in [6.07, 6.45) is 1.30. The molecule has 0 radical (unpaired) electrons. The van der Waals surface area contributed by atoms with Crippen LogP contribution in [0.5, 0.6) is 5.75 Å². The molecule has 0 saturated carbocycles. The zero-order valence-electron chi connectivity index (χ0n) is 17.2. The van der Waals surface area contributed by atoms with Crippen LogP contribution in [0, 0.1) is 18.7 Å². The van der Waals surface area contributed by atoms with Gasteiger partial charge in [-0.25, -0.2) is 17.5 Å². The third-order valence-electron chi connectivity index (χ3n) is 5.26. The standard InChI is InChI=1S/C22H27FN2O4S/c1-3-29-20-9-8-16(2)14-21(20)30(27,28)24-15-17-10-12-25(13-11-17)22(26)18-6-4-5-7-19(18)23/h4-9,14,17,24H,3,10-13,15H2,1-2H3. The molecule has 8 heteroatoms. The minimum Gasteiger partial charge on any atom is -0.492 e. The number of carbonyl (C=O) groups excluding carboxylic acids is 1. The minimum absolute atomic E-state index is 0.0690. The second-order valence-corrected chi connectivity index (χ2v) is 9.19. The van der Waals surface area contributed by atoms with Gasteiger partial charge in [0.1, 0.15) is 16.5 Å². The van der Waals surface area contributed by atoms with E-state index < -0.39 is 15.8 Å². The van der Waals surface area contributed by atoms with E-state index >= 15 is 0 Å². The lowest BCUT2D eigenvalue weighted by molar-refractivity contribution is 0.0687. The number of likely N-dealkylation sites (tertiary alicyclic amines) is 1. The molecule has 6 nitrogen and oxygen atoms in total. The molecule has 1 amide bonds. The van der Waals surface area contributed by atoms with E-state index in [1.807, 2.05) is 13.0 Å². The maximum atomic E-state index is 13.9. The average molecular weight is 435 g/mol. The molecule has 0 aliphatic carbocycles. The second kappa shape index (κ2) is 9.57. The zero-order valence-corrected chi connectivity index (χ0v) is 18.0. The van der Waals surface area contributed by atoms with E-state index in [0.29, 0.717) is 38.3 Å². The molecule has 2 aromatic rings. The molecule has 0 unspecified atom stereocenters. The highest BCUT2D eigenvalue weighted by molar-refractivity contribution is 7.89. The van der Waals surface area contributed by atoms with Crippen molar-refractivity contribution >= 4 is 15.9 Å². The van der Waals surface area contributed by atoms with Crippen LogP contribution >= 0.6 is 0 Å². The number of sulfonamides is 1. The smallest absolute Gasteiger partial charge is 0.256 e. The van der Waals surface area contributed by atoms with Crippen molar-refractivity contribution in [2.75, 3.05) is 26.2 Å². The number of hydrogen-bond acceptors (Lipinski definition) is 4. The summed E-state index contributed by atoms with van der Waals surface area (Å²) in [6, 6.07) is 11.0. The van der Waals surface area contributed by atoms with Crippen LogP contribution in [0.3, 0.4) is 0 Å². The highest BCUT2D eigenvalue weighted by Gasteiger charge is 2.27. The molecular formula is C22H27FN2O4S. The highest BCUT2D eigenvalue weighted by atomic mass is 32.2. The lowest BCUT2D eigenvalue weighted by Crippen LogP contribution is -2.41. The van der Waals surface area contributed by atoms with Gasteiger partial charge in [0.2, 0.25) is 10.0 Å². The number of nitrogens with zero attached hydrogens (tertiary/aromatic N) is 1. The Kier molecular flexibility index (Phi) is 7.10. The normalized spacial score (nSPS) is 15.2. The molecule has 1 fully saturated rings. The fourth-order valence-corrected chi connectivity index (χ4v) is 4.89. The van der Waals surface area contributed by atoms with Gasteiger partial charge in [0.05, 0.1) is 12.2 Å². The van der Waals surface area contributed by atoms with Gasteiger partial charge in [-0.3, -0.25) is 4.79 Å². The molecule has 1 N–H and O–H groups in total. The number of carbonyl (C=O) groups is 1. The Morgan fingerprint density at radius 1 is 1.20 bits per heavy atom. The number of benzene rings is 2. The fourth-order valence-electron chi connectivity index (χ4n) is 3.55. The number of aryl methyl sites for hydroxylation is 1. The van der Waals surface area contributed by atoms with E-state index in [4.69, 9.17) is 4.74 Å². The Balaban J connectivity index is 1.59. The Bertz CT molecular complexity index is 1000. The third kappa shape index (κ3) is 5.17. The maximum Gasteiger partial charge on any atom is 0.256 e. The van der Waals surface area contributed by atoms with Crippen molar-refractivity contribution in [3.63, 3.8) is 0 Å². The van der Waals surface area contributed by atoms with E-state index in [1.54, 1.807) is 36.1 Å². The van der Waals surface area contributed by atoms with Crippen molar-refractivity contribution in [3.8, 4) is 5.75 Å². The van der Waals surface area contributed by atoms with E-state index in [9.17, 15) is 17.6 Å². The molecule has 162 valence electrons. The number of hydrogen-bond donors (Lipinski definition) is 1. The van der Waals surface area contributed by atoms with E-state index in [-0.39, 0.29) is 28.8 Å². The number of nitrogens with one attached hydrogen (secondary N) is 1. The predicted molar refractivity (Wildman–Crippen MR) is 113 cm³/mol. The Morgan fingerprint density at radius 2 is 1.90 bits per heavy atom. The van der Waals surface area contributed by atoms with Gasteiger partial charge in [0.15, 0.2) is 0 Å². The topological polar surface area (TPSA) is 75.7 Å². The van der Waals surface area contributed by atoms with Gasteiger partial charge in [-0.15, -0.1) is 0 Å². The van der Waals surface area contributed by atoms with Gasteiger partial charge in [0, 0.05) is 19.6 Å². The number of halogens is 1. The summed E-state index contributed by atoms with van der Waals surface area (Å²) in [4.78, 5) is 14.3. The maximum absolute atomic E-state index is 13.9. The number of ether oxygens (including phenoxy) is 1. The summed E-state index contributed by atoms with van der Waals surface area (Å²) < 4.78 is 47.7. The first-order valence-electron chi connectivity index (χ1n) is 10.1. The van der Waals surface area contributed by atoms with Crippen LogP contribution in [-0.4, -0.2) is 45.5 Å². The molecule has 0 aromatic heterocycles. The van der Waals surface area contributed by atoms with Gasteiger partial charge in [-0.2, -0.15) is 0 Å². The monoisotopic (exact) mass is 434 g/mol. The van der Waals surface area contributed by atoms with Crippen LogP contribution in [0.15, 0.2) is 47.4 Å². The van der Waals surface area contributed by atoms with Crippen molar-refractivity contribution in [1.29, 1.82) is 0 Å². The number of rotatable bonds is 7. The van der Waals surface area contributed by atoms with Crippen LogP contribution < -0.4 is 9.46 Å². The van der Waals surface area contributed by atoms with E-state index in [1.165, 1.54) is 12.1 Å². The molecular weight excluding hydrogens is 407 g/mol. The van der Waals surface area contributed by atoms with Crippen molar-refractivity contribution in [2.45, 2.75) is 31.6 Å². The van der Waals surface area contributed by atoms with Crippen LogP contribution in [-0.2, 0) is 10.0 Å². The summed E-state index contributed by atoms with van der Waals surface area (Å²) in [5.41, 5.74) is 0.901. The largest absolute Gasteiger partial charge is 0.492 e. The predicted octanol–water partition coefficient (Wildman–Crippen LogP) is 3.36. The average Bonchev–Trinajstić information content (AvgIpc) is 2.74. The molecule has 1 heterocycles. The van der Waals surface area contributed by atoms with Crippen LogP contribution in [0.4, 0.5) is 4.39 Å². The molecule has 1 aliphatic heterocycles. The quantitative estimate of drug-likeness (QED) is 0.725. The molecule has 0 atom stereocenters. The van der Waals surface area contributed by atoms with E-state index in [2.05, 4.69) is 4.72 Å². The molecule has 2 aromatic carbocycles. The Hall–Kier alpha value is -2.45. The van der Waals surface area contributed by atoms with Gasteiger partial charge >= 0.3 is 0 Å². The first-order chi connectivity index (χ1) is 14.3. The molecule has 0 spiro atoms. The van der Waals surface area contributed by atoms with Crippen LogP contribution in [0.2, 0.25) is 0 Å². The van der Waals surface area contributed by atoms with Crippen molar-refractivity contribution < 1.29 is 22.3 Å². The Labute approximate surface area is 177 Å². The Morgan fingerprint density at radius 3 is 2.57 bits per heavy atom. The van der Waals surface area contributed by atoms with Gasteiger partial charge < -0.3 is 9.64 Å². The molecule has 30 heavy (non-hydrogen) atoms.